The van der Waals surface area contributed by atoms with Gasteiger partial charge in [0, 0.05) is 33.2 Å². The van der Waals surface area contributed by atoms with Crippen LogP contribution in [0.4, 0.5) is 4.79 Å². The number of amides is 2. The number of epoxide rings is 1. The van der Waals surface area contributed by atoms with Gasteiger partial charge in [0.25, 0.3) is 0 Å². The largest absolute Gasteiger partial charge is 0.442 e. The molecule has 1 spiro atoms. The van der Waals surface area contributed by atoms with Gasteiger partial charge in [-0.3, -0.25) is 4.79 Å². The minimum Gasteiger partial charge on any atom is -0.442 e. The lowest BCUT2D eigenvalue weighted by atomic mass is 9.88. The zero-order valence-corrected chi connectivity index (χ0v) is 24.4. The standard InChI is InChI=1S/C29H46N2O9/c1-18(8-11-24-27(34)29(17-37-29)16-26(36-6)40-24)7-10-23-19(2)15-22(21(4)39-23)30-25(33)12-9-20(3)38-28(35)31(5)13-14-32/h7-9,11-12,19-24,26-27,32,34H,10,13-17H2,1-6H3,(H,30,33)/b11-8+,12-9-,18-7+/t19-,20-,21+,22+,23-,24+,26-,27+,29+/m0/s1. The molecule has 0 aromatic rings. The molecule has 2 amide bonds. The Morgan fingerprint density at radius 1 is 1.25 bits per heavy atom. The second kappa shape index (κ2) is 14.6. The fourth-order valence-corrected chi connectivity index (χ4v) is 4.98. The van der Waals surface area contributed by atoms with Crippen molar-refractivity contribution in [3.63, 3.8) is 0 Å². The summed E-state index contributed by atoms with van der Waals surface area (Å²) in [5, 5.41) is 22.6. The number of methoxy groups -OCH3 is 1. The molecule has 3 aliphatic rings. The summed E-state index contributed by atoms with van der Waals surface area (Å²) in [4.78, 5) is 25.7. The van der Waals surface area contributed by atoms with Crippen LogP contribution in [0.15, 0.2) is 36.0 Å². The number of carbonyl (C=O) groups excluding carboxylic acids is 2. The molecule has 0 saturated carbocycles. The molecule has 0 bridgehead atoms. The van der Waals surface area contributed by atoms with Crippen molar-refractivity contribution in [2.75, 3.05) is 33.9 Å². The number of likely N-dealkylation sites (N-methyl/N-ethyl adjacent to an activating group) is 1. The Morgan fingerprint density at radius 3 is 2.62 bits per heavy atom. The molecule has 0 unspecified atom stereocenters. The predicted molar refractivity (Wildman–Crippen MR) is 147 cm³/mol. The maximum atomic E-state index is 12.5. The topological polar surface area (TPSA) is 139 Å². The summed E-state index contributed by atoms with van der Waals surface area (Å²) in [6.07, 6.45) is 7.84. The van der Waals surface area contributed by atoms with E-state index >= 15 is 0 Å². The van der Waals surface area contributed by atoms with E-state index in [-0.39, 0.29) is 43.2 Å². The van der Waals surface area contributed by atoms with Crippen molar-refractivity contribution in [1.82, 2.24) is 10.2 Å². The maximum Gasteiger partial charge on any atom is 0.410 e. The fraction of sp³-hybridized carbons (Fsp3) is 0.724. The lowest BCUT2D eigenvalue weighted by molar-refractivity contribution is -0.219. The minimum absolute atomic E-state index is 0.00918. The lowest BCUT2D eigenvalue weighted by Crippen LogP contribution is -2.50. The van der Waals surface area contributed by atoms with Crippen LogP contribution in [0.2, 0.25) is 0 Å². The molecule has 3 N–H and O–H groups in total. The first kappa shape index (κ1) is 32.2. The van der Waals surface area contributed by atoms with E-state index in [4.69, 9.17) is 28.8 Å². The van der Waals surface area contributed by atoms with Crippen LogP contribution in [0.3, 0.4) is 0 Å². The number of aliphatic hydroxyl groups is 2. The summed E-state index contributed by atoms with van der Waals surface area (Å²) in [7, 11) is 3.12. The van der Waals surface area contributed by atoms with Crippen LogP contribution in [0, 0.1) is 5.92 Å². The van der Waals surface area contributed by atoms with Gasteiger partial charge in [-0.05, 0) is 45.6 Å². The molecule has 0 radical (unpaired) electrons. The van der Waals surface area contributed by atoms with Crippen LogP contribution in [0.5, 0.6) is 0 Å². The number of carbonyl (C=O) groups is 2. The SMILES string of the molecule is CO[C@@H]1C[C@@]2(CO2)[C@H](O)[C@@H](/C=C/C(C)=C/C[C@@H]2O[C@H](C)[C@H](NC(=O)/C=C\[C@H](C)OC(=O)N(C)CCO)C[C@@H]2C)O1. The van der Waals surface area contributed by atoms with Gasteiger partial charge in [0.2, 0.25) is 5.91 Å². The monoisotopic (exact) mass is 566 g/mol. The Balaban J connectivity index is 1.45. The van der Waals surface area contributed by atoms with E-state index in [0.29, 0.717) is 13.0 Å². The molecule has 11 heteroatoms. The molecular weight excluding hydrogens is 520 g/mol. The normalized spacial score (nSPS) is 35.2. The van der Waals surface area contributed by atoms with Gasteiger partial charge in [-0.25, -0.2) is 4.79 Å². The predicted octanol–water partition coefficient (Wildman–Crippen LogP) is 2.07. The number of aliphatic hydroxyl groups excluding tert-OH is 2. The molecule has 3 rings (SSSR count). The highest BCUT2D eigenvalue weighted by atomic mass is 16.7. The van der Waals surface area contributed by atoms with E-state index in [1.54, 1.807) is 14.0 Å². The second-order valence-corrected chi connectivity index (χ2v) is 11.1. The van der Waals surface area contributed by atoms with Gasteiger partial charge in [-0.15, -0.1) is 0 Å². The van der Waals surface area contributed by atoms with Crippen LogP contribution in [0.25, 0.3) is 0 Å². The third kappa shape index (κ3) is 8.86. The van der Waals surface area contributed by atoms with E-state index in [1.807, 2.05) is 26.0 Å². The lowest BCUT2D eigenvalue weighted by Gasteiger charge is -2.39. The first-order chi connectivity index (χ1) is 19.0. The summed E-state index contributed by atoms with van der Waals surface area (Å²) in [6.45, 7) is 8.26. The van der Waals surface area contributed by atoms with Crippen molar-refractivity contribution >= 4 is 12.0 Å². The van der Waals surface area contributed by atoms with Gasteiger partial charge in [0.05, 0.1) is 31.5 Å². The molecule has 3 heterocycles. The van der Waals surface area contributed by atoms with Crippen molar-refractivity contribution in [2.45, 2.75) is 95.4 Å². The molecule has 226 valence electrons. The van der Waals surface area contributed by atoms with E-state index in [1.165, 1.54) is 24.1 Å². The summed E-state index contributed by atoms with van der Waals surface area (Å²) >= 11 is 0. The van der Waals surface area contributed by atoms with Crippen molar-refractivity contribution in [2.24, 2.45) is 5.92 Å². The van der Waals surface area contributed by atoms with Gasteiger partial charge < -0.3 is 44.1 Å². The van der Waals surface area contributed by atoms with Crippen LogP contribution in [-0.2, 0) is 28.5 Å². The summed E-state index contributed by atoms with van der Waals surface area (Å²) < 4.78 is 28.2. The molecule has 0 aromatic heterocycles. The highest BCUT2D eigenvalue weighted by Crippen LogP contribution is 2.42. The highest BCUT2D eigenvalue weighted by molar-refractivity contribution is 5.87. The number of allylic oxidation sites excluding steroid dienone is 2. The van der Waals surface area contributed by atoms with Gasteiger partial charge >= 0.3 is 6.09 Å². The average Bonchev–Trinajstić information content (AvgIpc) is 3.69. The Morgan fingerprint density at radius 2 is 1.98 bits per heavy atom. The van der Waals surface area contributed by atoms with E-state index in [0.717, 1.165) is 18.4 Å². The molecule has 3 aliphatic heterocycles. The molecule has 0 aliphatic carbocycles. The molecule has 3 saturated heterocycles. The third-order valence-electron chi connectivity index (χ3n) is 7.77. The number of hydrogen-bond acceptors (Lipinski definition) is 9. The Labute approximate surface area is 237 Å². The maximum absolute atomic E-state index is 12.5. The van der Waals surface area contributed by atoms with Crippen molar-refractivity contribution < 1.29 is 43.5 Å². The Kier molecular flexibility index (Phi) is 11.7. The summed E-state index contributed by atoms with van der Waals surface area (Å²) in [5.74, 6) is -0.0573. The molecule has 40 heavy (non-hydrogen) atoms. The first-order valence-corrected chi connectivity index (χ1v) is 14.0. The summed E-state index contributed by atoms with van der Waals surface area (Å²) in [5.41, 5.74) is 0.472. The minimum atomic E-state index is -0.732. The first-order valence-electron chi connectivity index (χ1n) is 14.0. The number of nitrogens with zero attached hydrogens (tertiary/aromatic N) is 1. The van der Waals surface area contributed by atoms with Crippen molar-refractivity contribution in [3.05, 3.63) is 36.0 Å². The van der Waals surface area contributed by atoms with E-state index in [2.05, 4.69) is 18.3 Å². The zero-order valence-electron chi connectivity index (χ0n) is 24.4. The van der Waals surface area contributed by atoms with E-state index in [9.17, 15) is 14.7 Å². The molecular formula is C29H46N2O9. The number of hydrogen-bond donors (Lipinski definition) is 3. The van der Waals surface area contributed by atoms with Gasteiger partial charge in [-0.1, -0.05) is 30.7 Å². The molecule has 0 aromatic carbocycles. The highest BCUT2D eigenvalue weighted by Gasteiger charge is 2.58. The van der Waals surface area contributed by atoms with Crippen LogP contribution < -0.4 is 5.32 Å². The number of nitrogens with one attached hydrogen (secondary N) is 1. The molecule has 9 atom stereocenters. The van der Waals surface area contributed by atoms with Gasteiger partial charge in [0.1, 0.15) is 23.9 Å². The Bertz CT molecular complexity index is 948. The summed E-state index contributed by atoms with van der Waals surface area (Å²) in [6, 6.07) is -0.141. The van der Waals surface area contributed by atoms with Crippen LogP contribution in [0.1, 0.15) is 47.0 Å². The average molecular weight is 567 g/mol. The third-order valence-corrected chi connectivity index (χ3v) is 7.77. The van der Waals surface area contributed by atoms with Crippen LogP contribution in [-0.4, -0.2) is 109 Å². The molecule has 3 fully saturated rings. The van der Waals surface area contributed by atoms with Crippen molar-refractivity contribution in [1.29, 1.82) is 0 Å². The van der Waals surface area contributed by atoms with Crippen LogP contribution >= 0.6 is 0 Å². The molecule has 11 nitrogen and oxygen atoms in total. The van der Waals surface area contributed by atoms with Crippen molar-refractivity contribution in [3.8, 4) is 0 Å². The zero-order chi connectivity index (χ0) is 29.4. The van der Waals surface area contributed by atoms with E-state index < -0.39 is 36.3 Å². The number of rotatable bonds is 11. The van der Waals surface area contributed by atoms with Gasteiger partial charge in [-0.2, -0.15) is 0 Å². The Hall–Kier alpha value is -2.28. The van der Waals surface area contributed by atoms with Gasteiger partial charge in [0.15, 0.2) is 6.29 Å². The number of ether oxygens (including phenoxy) is 5. The second-order valence-electron chi connectivity index (χ2n) is 11.1. The fourth-order valence-electron chi connectivity index (χ4n) is 4.98. The smallest absolute Gasteiger partial charge is 0.410 e. The quantitative estimate of drug-likeness (QED) is 0.195.